The fourth-order valence-electron chi connectivity index (χ4n) is 2.60. The molecule has 1 atom stereocenters. The van der Waals surface area contributed by atoms with Crippen molar-refractivity contribution in [2.45, 2.75) is 26.3 Å². The molecule has 1 amide bonds. The number of rotatable bonds is 6. The number of halogens is 1. The fraction of sp³-hybridized carbons (Fsp3) is 0.278. The smallest absolute Gasteiger partial charge is 0.248 e. The number of sulfonamides is 1. The average molecular weight is 381 g/mol. The van der Waals surface area contributed by atoms with Crippen LogP contribution in [-0.4, -0.2) is 26.6 Å². The van der Waals surface area contributed by atoms with E-state index in [0.717, 1.165) is 16.1 Å². The highest BCUT2D eigenvalue weighted by Crippen LogP contribution is 2.26. The summed E-state index contributed by atoms with van der Waals surface area (Å²) >= 11 is 6.08. The Labute approximate surface area is 153 Å². The largest absolute Gasteiger partial charge is 0.323 e. The van der Waals surface area contributed by atoms with Gasteiger partial charge in [0, 0.05) is 0 Å². The van der Waals surface area contributed by atoms with Crippen molar-refractivity contribution in [1.82, 2.24) is 0 Å². The molecule has 2 aromatic carbocycles. The lowest BCUT2D eigenvalue weighted by atomic mass is 10.1. The van der Waals surface area contributed by atoms with Gasteiger partial charge >= 0.3 is 0 Å². The number of nitrogens with one attached hydrogen (secondary N) is 1. The van der Waals surface area contributed by atoms with Crippen LogP contribution in [0.25, 0.3) is 0 Å². The molecule has 0 aromatic heterocycles. The minimum Gasteiger partial charge on any atom is -0.323 e. The lowest BCUT2D eigenvalue weighted by Crippen LogP contribution is -2.47. The van der Waals surface area contributed by atoms with Gasteiger partial charge in [-0.25, -0.2) is 8.42 Å². The lowest BCUT2D eigenvalue weighted by Gasteiger charge is -2.30. The van der Waals surface area contributed by atoms with Crippen molar-refractivity contribution >= 4 is 38.9 Å². The third-order valence-electron chi connectivity index (χ3n) is 3.72. The first-order valence-electron chi connectivity index (χ1n) is 7.85. The van der Waals surface area contributed by atoms with Gasteiger partial charge < -0.3 is 5.32 Å². The zero-order valence-electron chi connectivity index (χ0n) is 14.4. The molecular formula is C18H21ClN2O3S. The molecule has 25 heavy (non-hydrogen) atoms. The topological polar surface area (TPSA) is 66.5 Å². The number of hydrogen-bond acceptors (Lipinski definition) is 3. The monoisotopic (exact) mass is 380 g/mol. The summed E-state index contributed by atoms with van der Waals surface area (Å²) in [6.07, 6.45) is 1.41. The summed E-state index contributed by atoms with van der Waals surface area (Å²) in [7, 11) is -3.65. The summed E-state index contributed by atoms with van der Waals surface area (Å²) in [6, 6.07) is 13.0. The van der Waals surface area contributed by atoms with Crippen molar-refractivity contribution < 1.29 is 13.2 Å². The van der Waals surface area contributed by atoms with Crippen molar-refractivity contribution in [2.75, 3.05) is 15.9 Å². The Morgan fingerprint density at radius 2 is 1.88 bits per heavy atom. The second-order valence-corrected chi connectivity index (χ2v) is 8.06. The normalized spacial score (nSPS) is 12.5. The Kier molecular flexibility index (Phi) is 6.08. The number of aryl methyl sites for hydroxylation is 1. The van der Waals surface area contributed by atoms with Gasteiger partial charge in [0.2, 0.25) is 15.9 Å². The third-order valence-corrected chi connectivity index (χ3v) is 5.23. The van der Waals surface area contributed by atoms with E-state index >= 15 is 0 Å². The van der Waals surface area contributed by atoms with Gasteiger partial charge in [0.25, 0.3) is 0 Å². The van der Waals surface area contributed by atoms with E-state index < -0.39 is 22.0 Å². The third kappa shape index (κ3) is 4.74. The minimum atomic E-state index is -3.65. The first-order valence-corrected chi connectivity index (χ1v) is 10.1. The summed E-state index contributed by atoms with van der Waals surface area (Å²) < 4.78 is 25.9. The summed E-state index contributed by atoms with van der Waals surface area (Å²) in [4.78, 5) is 12.8. The molecule has 0 aliphatic rings. The Hall–Kier alpha value is -2.05. The van der Waals surface area contributed by atoms with Gasteiger partial charge in [0.1, 0.15) is 6.04 Å². The number of nitrogens with zero attached hydrogens (tertiary/aromatic N) is 1. The summed E-state index contributed by atoms with van der Waals surface area (Å²) in [5.41, 5.74) is 1.82. The number of benzene rings is 2. The summed E-state index contributed by atoms with van der Waals surface area (Å²) in [5.74, 6) is -0.428. The summed E-state index contributed by atoms with van der Waals surface area (Å²) in [6.45, 7) is 3.64. The van der Waals surface area contributed by atoms with E-state index in [2.05, 4.69) is 5.32 Å². The molecular weight excluding hydrogens is 360 g/mol. The molecule has 7 heteroatoms. The number of carbonyl (C=O) groups excluding carboxylic acids is 1. The highest BCUT2D eigenvalue weighted by Gasteiger charge is 2.31. The van der Waals surface area contributed by atoms with Crippen LogP contribution in [0.5, 0.6) is 0 Å². The maximum atomic E-state index is 12.8. The van der Waals surface area contributed by atoms with Gasteiger partial charge in [0.15, 0.2) is 0 Å². The zero-order valence-corrected chi connectivity index (χ0v) is 15.9. The maximum absolute atomic E-state index is 12.8. The first kappa shape index (κ1) is 19.3. The van der Waals surface area contributed by atoms with Crippen LogP contribution >= 0.6 is 11.6 Å². The van der Waals surface area contributed by atoms with Crippen LogP contribution < -0.4 is 9.62 Å². The second kappa shape index (κ2) is 7.89. The molecule has 2 rings (SSSR count). The predicted octanol–water partition coefficient (Wildman–Crippen LogP) is 3.83. The maximum Gasteiger partial charge on any atom is 0.248 e. The minimum absolute atomic E-state index is 0.317. The molecule has 0 aliphatic heterocycles. The van der Waals surface area contributed by atoms with Crippen LogP contribution in [0.3, 0.4) is 0 Å². The van der Waals surface area contributed by atoms with E-state index in [9.17, 15) is 13.2 Å². The Morgan fingerprint density at radius 3 is 2.44 bits per heavy atom. The predicted molar refractivity (Wildman–Crippen MR) is 103 cm³/mol. The van der Waals surface area contributed by atoms with E-state index in [0.29, 0.717) is 22.8 Å². The molecule has 0 aliphatic carbocycles. The van der Waals surface area contributed by atoms with Crippen molar-refractivity contribution in [3.05, 3.63) is 59.1 Å². The van der Waals surface area contributed by atoms with Crippen LogP contribution in [0.15, 0.2) is 48.5 Å². The number of para-hydroxylation sites is 1. The van der Waals surface area contributed by atoms with E-state index in [1.54, 1.807) is 49.4 Å². The number of amides is 1. The van der Waals surface area contributed by atoms with E-state index in [-0.39, 0.29) is 0 Å². The van der Waals surface area contributed by atoms with Crippen molar-refractivity contribution in [3.63, 3.8) is 0 Å². The molecule has 0 fully saturated rings. The number of carbonyl (C=O) groups is 1. The summed E-state index contributed by atoms with van der Waals surface area (Å²) in [5, 5.41) is 3.12. The Balaban J connectivity index is 2.40. The molecule has 2 aromatic rings. The van der Waals surface area contributed by atoms with Gasteiger partial charge in [-0.1, -0.05) is 42.8 Å². The van der Waals surface area contributed by atoms with Crippen LogP contribution in [0.4, 0.5) is 11.4 Å². The van der Waals surface area contributed by atoms with Crippen molar-refractivity contribution in [3.8, 4) is 0 Å². The van der Waals surface area contributed by atoms with Gasteiger partial charge in [-0.15, -0.1) is 0 Å². The van der Waals surface area contributed by atoms with Crippen LogP contribution in [0.2, 0.25) is 5.02 Å². The second-order valence-electron chi connectivity index (χ2n) is 5.79. The Morgan fingerprint density at radius 1 is 1.20 bits per heavy atom. The van der Waals surface area contributed by atoms with Gasteiger partial charge in [-0.2, -0.15) is 0 Å². The van der Waals surface area contributed by atoms with E-state index in [1.807, 2.05) is 13.0 Å². The average Bonchev–Trinajstić information content (AvgIpc) is 2.53. The SMILES string of the molecule is CC[C@@H](C(=O)Nc1ccccc1Cl)N(c1cccc(C)c1)S(C)(=O)=O. The van der Waals surface area contributed by atoms with Gasteiger partial charge in [-0.05, 0) is 43.2 Å². The van der Waals surface area contributed by atoms with Gasteiger partial charge in [-0.3, -0.25) is 9.10 Å². The Bertz CT molecular complexity index is 868. The van der Waals surface area contributed by atoms with Crippen LogP contribution in [0.1, 0.15) is 18.9 Å². The highest BCUT2D eigenvalue weighted by molar-refractivity contribution is 7.92. The molecule has 134 valence electrons. The quantitative estimate of drug-likeness (QED) is 0.828. The zero-order chi connectivity index (χ0) is 18.6. The van der Waals surface area contributed by atoms with Crippen molar-refractivity contribution in [2.24, 2.45) is 0 Å². The molecule has 0 saturated heterocycles. The fourth-order valence-corrected chi connectivity index (χ4v) is 3.99. The van der Waals surface area contributed by atoms with Gasteiger partial charge in [0.05, 0.1) is 22.7 Å². The molecule has 0 bridgehead atoms. The molecule has 0 heterocycles. The molecule has 0 unspecified atom stereocenters. The van der Waals surface area contributed by atoms with E-state index in [1.165, 1.54) is 0 Å². The van der Waals surface area contributed by atoms with Crippen molar-refractivity contribution in [1.29, 1.82) is 0 Å². The standard InChI is InChI=1S/C18H21ClN2O3S/c1-4-17(18(22)20-16-11-6-5-10-15(16)19)21(25(3,23)24)14-9-7-8-13(2)12-14/h5-12,17H,4H2,1-3H3,(H,20,22)/t17-/m0/s1. The molecule has 0 spiro atoms. The van der Waals surface area contributed by atoms with Crippen LogP contribution in [-0.2, 0) is 14.8 Å². The molecule has 5 nitrogen and oxygen atoms in total. The number of anilines is 2. The highest BCUT2D eigenvalue weighted by atomic mass is 35.5. The van der Waals surface area contributed by atoms with Crippen LogP contribution in [0, 0.1) is 6.92 Å². The number of hydrogen-bond donors (Lipinski definition) is 1. The lowest BCUT2D eigenvalue weighted by molar-refractivity contribution is -0.117. The van der Waals surface area contributed by atoms with E-state index in [4.69, 9.17) is 11.6 Å². The first-order chi connectivity index (χ1) is 11.7. The molecule has 1 N–H and O–H groups in total. The molecule has 0 radical (unpaired) electrons. The molecule has 0 saturated carbocycles.